The minimum atomic E-state index is -0.960. The summed E-state index contributed by atoms with van der Waals surface area (Å²) in [5, 5.41) is -0.114. The minimum Gasteiger partial charge on any atom is -0.495 e. The van der Waals surface area contributed by atoms with Crippen molar-refractivity contribution < 1.29 is 23.5 Å². The largest absolute Gasteiger partial charge is 0.495 e. The van der Waals surface area contributed by atoms with Gasteiger partial charge in [-0.25, -0.2) is 4.98 Å². The lowest BCUT2D eigenvalue weighted by atomic mass is 9.76. The Morgan fingerprint density at radius 1 is 1.18 bits per heavy atom. The van der Waals surface area contributed by atoms with Gasteiger partial charge in [0.15, 0.2) is 16.6 Å². The van der Waals surface area contributed by atoms with E-state index in [0.29, 0.717) is 39.9 Å². The monoisotopic (exact) mass is 499 g/mol. The molecule has 2 aromatic carbocycles. The number of hydrogen-bond acceptors (Lipinski definition) is 7. The molecule has 2 heterocycles. The summed E-state index contributed by atoms with van der Waals surface area (Å²) >= 11 is 7.34. The van der Waals surface area contributed by atoms with Gasteiger partial charge < -0.3 is 13.9 Å². The van der Waals surface area contributed by atoms with Crippen molar-refractivity contribution in [1.82, 2.24) is 4.98 Å². The molecule has 8 heteroatoms. The van der Waals surface area contributed by atoms with Crippen LogP contribution in [0.15, 0.2) is 52.1 Å². The summed E-state index contributed by atoms with van der Waals surface area (Å²) in [6, 6.07) is 13.0. The van der Waals surface area contributed by atoms with E-state index in [1.807, 2.05) is 42.5 Å². The third-order valence-corrected chi connectivity index (χ3v) is 8.29. The van der Waals surface area contributed by atoms with Gasteiger partial charge in [-0.05, 0) is 73.2 Å². The van der Waals surface area contributed by atoms with Crippen molar-refractivity contribution in [3.05, 3.63) is 53.1 Å². The smallest absolute Gasteiger partial charge is 0.327 e. The molecule has 2 fully saturated rings. The first-order chi connectivity index (χ1) is 16.5. The number of carbonyl (C=O) groups excluding carboxylic acids is 2. The summed E-state index contributed by atoms with van der Waals surface area (Å²) in [6.45, 7) is 0. The highest BCUT2D eigenvalue weighted by Gasteiger charge is 2.52. The first kappa shape index (κ1) is 23.2. The Bertz CT molecular complexity index is 1170. The van der Waals surface area contributed by atoms with Gasteiger partial charge >= 0.3 is 5.97 Å². The van der Waals surface area contributed by atoms with E-state index in [0.717, 1.165) is 43.0 Å². The van der Waals surface area contributed by atoms with Crippen molar-refractivity contribution >= 4 is 46.2 Å². The Kier molecular flexibility index (Phi) is 6.58. The van der Waals surface area contributed by atoms with E-state index in [2.05, 4.69) is 4.98 Å². The van der Waals surface area contributed by atoms with Crippen LogP contribution < -0.4 is 4.74 Å². The van der Waals surface area contributed by atoms with Crippen LogP contribution in [0.2, 0.25) is 5.02 Å². The van der Waals surface area contributed by atoms with E-state index in [-0.39, 0.29) is 18.1 Å². The number of thioether (sulfide) groups is 1. The predicted octanol–water partition coefficient (Wildman–Crippen LogP) is 6.03. The number of aryl methyl sites for hydroxylation is 1. The van der Waals surface area contributed by atoms with Crippen molar-refractivity contribution in [2.75, 3.05) is 7.11 Å². The highest BCUT2D eigenvalue weighted by Crippen LogP contribution is 2.46. The van der Waals surface area contributed by atoms with Gasteiger partial charge in [-0.3, -0.25) is 9.59 Å². The maximum atomic E-state index is 13.3. The average Bonchev–Trinajstić information content (AvgIpc) is 3.50. The van der Waals surface area contributed by atoms with Crippen LogP contribution in [0.1, 0.15) is 44.1 Å². The Morgan fingerprint density at radius 2 is 1.97 bits per heavy atom. The third-order valence-electron chi connectivity index (χ3n) is 6.93. The van der Waals surface area contributed by atoms with Gasteiger partial charge in [-0.2, -0.15) is 0 Å². The molecule has 2 aliphatic rings. The summed E-state index contributed by atoms with van der Waals surface area (Å²) in [6.07, 6.45) is 5.56. The fourth-order valence-corrected chi connectivity index (χ4v) is 6.30. The second kappa shape index (κ2) is 9.62. The molecule has 5 rings (SSSR count). The Labute approximate surface area is 207 Å². The number of nitrogens with zero attached hydrogens (tertiary/aromatic N) is 1. The number of Topliss-reactive ketones (excluding diaryl/α,β-unsaturated/α-hetero) is 1. The van der Waals surface area contributed by atoms with E-state index in [4.69, 9.17) is 25.5 Å². The van der Waals surface area contributed by atoms with Gasteiger partial charge in [0.25, 0.3) is 5.22 Å². The molecular weight excluding hydrogens is 474 g/mol. The second-order valence-electron chi connectivity index (χ2n) is 9.02. The number of rotatable bonds is 7. The van der Waals surface area contributed by atoms with Gasteiger partial charge in [0.05, 0.1) is 12.1 Å². The maximum absolute atomic E-state index is 13.3. The van der Waals surface area contributed by atoms with Crippen LogP contribution in [0.4, 0.5) is 0 Å². The van der Waals surface area contributed by atoms with Crippen LogP contribution in [0.25, 0.3) is 11.1 Å². The van der Waals surface area contributed by atoms with Crippen LogP contribution >= 0.6 is 23.4 Å². The first-order valence-electron chi connectivity index (χ1n) is 11.6. The van der Waals surface area contributed by atoms with Crippen LogP contribution in [0.5, 0.6) is 5.75 Å². The molecule has 2 unspecified atom stereocenters. The van der Waals surface area contributed by atoms with E-state index >= 15 is 0 Å². The minimum absolute atomic E-state index is 0.122. The van der Waals surface area contributed by atoms with E-state index in [1.165, 1.54) is 0 Å². The fourth-order valence-electron chi connectivity index (χ4n) is 5.17. The molecule has 0 spiro atoms. The summed E-state index contributed by atoms with van der Waals surface area (Å²) < 4.78 is 17.1. The Hall–Kier alpha value is -2.51. The standard InChI is InChI=1S/C26H26ClNO5S/c1-31-21-11-10-16(14-18(21)27)12-13-26(17-6-2-3-7-17)15-20(29)23(24(30)33-26)34-25-28-19-8-4-5-9-22(19)32-25/h4-5,8-11,14,17,23H,2-3,6-7,12-13,15H2,1H3. The lowest BCUT2D eigenvalue weighted by molar-refractivity contribution is -0.177. The normalized spacial score (nSPS) is 23.4. The van der Waals surface area contributed by atoms with Crippen LogP contribution in [0.3, 0.4) is 0 Å². The number of fused-ring (bicyclic) bond motifs is 1. The zero-order valence-electron chi connectivity index (χ0n) is 18.9. The lowest BCUT2D eigenvalue weighted by Gasteiger charge is -2.42. The number of carbonyl (C=O) groups is 2. The number of esters is 1. The molecule has 1 saturated carbocycles. The highest BCUT2D eigenvalue weighted by molar-refractivity contribution is 8.01. The molecule has 6 nitrogen and oxygen atoms in total. The van der Waals surface area contributed by atoms with Crippen molar-refractivity contribution in [1.29, 1.82) is 0 Å². The molecule has 1 aliphatic carbocycles. The van der Waals surface area contributed by atoms with Crippen molar-refractivity contribution in [2.45, 2.75) is 61.0 Å². The van der Waals surface area contributed by atoms with Gasteiger partial charge in [0, 0.05) is 6.42 Å². The number of cyclic esters (lactones) is 1. The highest BCUT2D eigenvalue weighted by atomic mass is 35.5. The third kappa shape index (κ3) is 4.56. The van der Waals surface area contributed by atoms with E-state index in [1.54, 1.807) is 7.11 Å². The average molecular weight is 500 g/mol. The van der Waals surface area contributed by atoms with Crippen LogP contribution in [-0.2, 0) is 20.7 Å². The van der Waals surface area contributed by atoms with Crippen molar-refractivity contribution in [3.63, 3.8) is 0 Å². The summed E-state index contributed by atoms with van der Waals surface area (Å²) in [4.78, 5) is 30.9. The fraction of sp³-hybridized carbons (Fsp3) is 0.423. The molecule has 0 amide bonds. The van der Waals surface area contributed by atoms with Crippen LogP contribution in [0, 0.1) is 5.92 Å². The molecule has 34 heavy (non-hydrogen) atoms. The van der Waals surface area contributed by atoms with Gasteiger partial charge in [0.1, 0.15) is 16.9 Å². The van der Waals surface area contributed by atoms with Crippen LogP contribution in [-0.4, -0.2) is 34.7 Å². The number of halogens is 1. The molecule has 3 aromatic rings. The number of para-hydroxylation sites is 2. The van der Waals surface area contributed by atoms with E-state index < -0.39 is 16.8 Å². The predicted molar refractivity (Wildman–Crippen MR) is 130 cm³/mol. The van der Waals surface area contributed by atoms with Gasteiger partial charge in [-0.1, -0.05) is 42.6 Å². The van der Waals surface area contributed by atoms with Gasteiger partial charge in [0.2, 0.25) is 0 Å². The summed E-state index contributed by atoms with van der Waals surface area (Å²) in [5.41, 5.74) is 1.56. The number of aromatic nitrogens is 1. The number of hydrogen-bond donors (Lipinski definition) is 0. The first-order valence-corrected chi connectivity index (χ1v) is 12.8. The molecule has 178 valence electrons. The zero-order valence-corrected chi connectivity index (χ0v) is 20.5. The molecule has 0 radical (unpaired) electrons. The zero-order chi connectivity index (χ0) is 23.7. The van der Waals surface area contributed by atoms with Crippen molar-refractivity contribution in [3.8, 4) is 5.75 Å². The van der Waals surface area contributed by atoms with E-state index in [9.17, 15) is 9.59 Å². The molecular formula is C26H26ClNO5S. The molecule has 0 N–H and O–H groups in total. The quantitative estimate of drug-likeness (QED) is 0.290. The molecule has 0 bridgehead atoms. The molecule has 1 saturated heterocycles. The second-order valence-corrected chi connectivity index (χ2v) is 10.5. The Morgan fingerprint density at radius 3 is 2.68 bits per heavy atom. The lowest BCUT2D eigenvalue weighted by Crippen LogP contribution is -2.53. The number of benzene rings is 2. The number of ketones is 1. The van der Waals surface area contributed by atoms with Gasteiger partial charge in [-0.15, -0.1) is 0 Å². The number of methoxy groups -OCH3 is 1. The Balaban J connectivity index is 1.34. The molecule has 1 aliphatic heterocycles. The molecule has 1 aromatic heterocycles. The summed E-state index contributed by atoms with van der Waals surface area (Å²) in [5.74, 6) is 0.185. The number of oxazole rings is 1. The molecule has 2 atom stereocenters. The number of ether oxygens (including phenoxy) is 2. The maximum Gasteiger partial charge on any atom is 0.327 e. The SMILES string of the molecule is COc1ccc(CCC2(C3CCCC3)CC(=O)C(Sc3nc4ccccc4o3)C(=O)O2)cc1Cl. The summed E-state index contributed by atoms with van der Waals surface area (Å²) in [7, 11) is 1.58. The topological polar surface area (TPSA) is 78.6 Å². The van der Waals surface area contributed by atoms with Crippen molar-refractivity contribution in [2.24, 2.45) is 5.92 Å².